The molecular weight excluding hydrogens is 319 g/mol. The van der Waals surface area contributed by atoms with Crippen molar-refractivity contribution in [3.8, 4) is 23.7 Å². The van der Waals surface area contributed by atoms with Crippen molar-refractivity contribution in [2.75, 3.05) is 0 Å². The predicted octanol–water partition coefficient (Wildman–Crippen LogP) is 5.51. The molecule has 0 aromatic rings. The zero-order valence-electron chi connectivity index (χ0n) is 13.3. The maximum absolute atomic E-state index is 3.45. The molecule has 0 bridgehead atoms. The van der Waals surface area contributed by atoms with Gasteiger partial charge in [-0.25, -0.2) is 0 Å². The molecule has 0 radical (unpaired) electrons. The van der Waals surface area contributed by atoms with Gasteiger partial charge in [-0.2, -0.15) is 0 Å². The van der Waals surface area contributed by atoms with Gasteiger partial charge in [-0.3, -0.25) is 0 Å². The molecule has 0 nitrogen and oxygen atoms in total. The van der Waals surface area contributed by atoms with Crippen molar-refractivity contribution in [3.63, 3.8) is 0 Å². The summed E-state index contributed by atoms with van der Waals surface area (Å²) in [6.07, 6.45) is 14.9. The molecule has 0 heterocycles. The molecule has 2 aliphatic rings. The Balaban J connectivity index is 1.78. The van der Waals surface area contributed by atoms with E-state index in [2.05, 4.69) is 42.8 Å². The van der Waals surface area contributed by atoms with Crippen LogP contribution in [0.4, 0.5) is 0 Å². The van der Waals surface area contributed by atoms with Gasteiger partial charge in [-0.1, -0.05) is 0 Å². The van der Waals surface area contributed by atoms with Gasteiger partial charge < -0.3 is 0 Å². The topological polar surface area (TPSA) is 0 Å². The van der Waals surface area contributed by atoms with Gasteiger partial charge in [-0.05, 0) is 0 Å². The Hall–Kier alpha value is -0.881. The summed E-state index contributed by atoms with van der Waals surface area (Å²) < 4.78 is 0. The quantitative estimate of drug-likeness (QED) is 0.467. The minimum atomic E-state index is -0.619. The number of hydrogen-bond donors (Lipinski definition) is 0. The Morgan fingerprint density at radius 1 is 0.857 bits per heavy atom. The molecule has 0 saturated heterocycles. The second-order valence-corrected chi connectivity index (χ2v) is 10.7. The molecule has 0 saturated carbocycles. The van der Waals surface area contributed by atoms with Crippen LogP contribution in [0.5, 0.6) is 0 Å². The van der Waals surface area contributed by atoms with Gasteiger partial charge in [-0.15, -0.1) is 0 Å². The normalized spacial score (nSPS) is 18.0. The van der Waals surface area contributed by atoms with Gasteiger partial charge in [0.1, 0.15) is 0 Å². The standard InChI is InChI=1S/C20H27Se/c1-2-21(17-9-15-19-11-5-3-6-12-19)18-10-16-20-13-7-4-8-14-20/h11,13H,2-8,12,14,17-18H2,1H3/q+1. The molecule has 0 unspecified atom stereocenters. The monoisotopic (exact) mass is 347 g/mol. The third kappa shape index (κ3) is 6.61. The molecule has 21 heavy (non-hydrogen) atoms. The molecule has 0 amide bonds. The average molecular weight is 346 g/mol. The van der Waals surface area contributed by atoms with Gasteiger partial charge >= 0.3 is 135 Å². The van der Waals surface area contributed by atoms with E-state index < -0.39 is 13.9 Å². The summed E-state index contributed by atoms with van der Waals surface area (Å²) in [5.41, 5.74) is 2.78. The van der Waals surface area contributed by atoms with E-state index in [1.165, 1.54) is 67.8 Å². The molecule has 0 aromatic heterocycles. The van der Waals surface area contributed by atoms with Crippen LogP contribution in [0, 0.1) is 23.7 Å². The van der Waals surface area contributed by atoms with Crippen LogP contribution in [-0.4, -0.2) is 13.9 Å². The fraction of sp³-hybridized carbons (Fsp3) is 0.600. The zero-order valence-corrected chi connectivity index (χ0v) is 15.1. The van der Waals surface area contributed by atoms with Crippen molar-refractivity contribution in [2.45, 2.75) is 74.2 Å². The molecular formula is C20H27Se+. The fourth-order valence-corrected chi connectivity index (χ4v) is 4.89. The summed E-state index contributed by atoms with van der Waals surface area (Å²) in [4.78, 5) is 0. The Kier molecular flexibility index (Phi) is 7.81. The second-order valence-electron chi connectivity index (χ2n) is 5.74. The van der Waals surface area contributed by atoms with E-state index in [0.29, 0.717) is 0 Å². The van der Waals surface area contributed by atoms with Crippen LogP contribution in [-0.2, 0) is 0 Å². The fourth-order valence-electron chi connectivity index (χ4n) is 2.66. The van der Waals surface area contributed by atoms with E-state index in [4.69, 9.17) is 0 Å². The molecule has 0 fully saturated rings. The molecule has 0 aliphatic heterocycles. The van der Waals surface area contributed by atoms with Crippen molar-refractivity contribution >= 4 is 13.9 Å². The van der Waals surface area contributed by atoms with Crippen molar-refractivity contribution in [3.05, 3.63) is 23.3 Å². The summed E-state index contributed by atoms with van der Waals surface area (Å²) in [6.45, 7) is 2.31. The first-order valence-corrected chi connectivity index (χ1v) is 12.0. The van der Waals surface area contributed by atoms with Crippen LogP contribution in [0.25, 0.3) is 0 Å². The first kappa shape index (κ1) is 16.5. The van der Waals surface area contributed by atoms with Gasteiger partial charge in [0.25, 0.3) is 0 Å². The molecule has 0 spiro atoms. The van der Waals surface area contributed by atoms with Gasteiger partial charge in [0.2, 0.25) is 0 Å². The number of allylic oxidation sites excluding steroid dienone is 4. The Morgan fingerprint density at radius 2 is 1.38 bits per heavy atom. The Bertz CT molecular complexity index is 455. The van der Waals surface area contributed by atoms with Gasteiger partial charge in [0.15, 0.2) is 0 Å². The second kappa shape index (κ2) is 9.95. The van der Waals surface area contributed by atoms with Crippen LogP contribution in [0.2, 0.25) is 16.0 Å². The van der Waals surface area contributed by atoms with Crippen LogP contribution in [0.3, 0.4) is 0 Å². The minimum absolute atomic E-state index is 0.619. The summed E-state index contributed by atoms with van der Waals surface area (Å²) in [6, 6.07) is 0. The van der Waals surface area contributed by atoms with Crippen molar-refractivity contribution in [1.29, 1.82) is 0 Å². The van der Waals surface area contributed by atoms with E-state index >= 15 is 0 Å². The average Bonchev–Trinajstić information content (AvgIpc) is 2.55. The van der Waals surface area contributed by atoms with Crippen LogP contribution in [0.15, 0.2) is 23.3 Å². The van der Waals surface area contributed by atoms with Crippen molar-refractivity contribution < 1.29 is 0 Å². The summed E-state index contributed by atoms with van der Waals surface area (Å²) in [5.74, 6) is 13.7. The van der Waals surface area contributed by atoms with Crippen LogP contribution >= 0.6 is 0 Å². The van der Waals surface area contributed by atoms with Crippen LogP contribution < -0.4 is 0 Å². The predicted molar refractivity (Wildman–Crippen MR) is 94.5 cm³/mol. The van der Waals surface area contributed by atoms with Crippen LogP contribution in [0.1, 0.15) is 58.3 Å². The van der Waals surface area contributed by atoms with E-state index in [-0.39, 0.29) is 0 Å². The zero-order chi connectivity index (χ0) is 14.8. The molecule has 0 atom stereocenters. The third-order valence-electron chi connectivity index (χ3n) is 4.04. The first-order valence-electron chi connectivity index (χ1n) is 8.38. The maximum atomic E-state index is 3.45. The SMILES string of the molecule is CC[Se+](CC#CC1=CCCCC1)CC#CC1=CCCCC1. The van der Waals surface area contributed by atoms with Crippen molar-refractivity contribution in [1.82, 2.24) is 0 Å². The Labute approximate surface area is 135 Å². The van der Waals surface area contributed by atoms with E-state index in [9.17, 15) is 0 Å². The molecule has 2 aliphatic carbocycles. The Morgan fingerprint density at radius 3 is 1.76 bits per heavy atom. The summed E-state index contributed by atoms with van der Waals surface area (Å²) >= 11 is -0.619. The molecule has 1 heteroatoms. The summed E-state index contributed by atoms with van der Waals surface area (Å²) in [5, 5.41) is 3.56. The molecule has 0 N–H and O–H groups in total. The summed E-state index contributed by atoms with van der Waals surface area (Å²) in [7, 11) is 0. The van der Waals surface area contributed by atoms with Gasteiger partial charge in [0, 0.05) is 0 Å². The molecule has 0 aromatic carbocycles. The van der Waals surface area contributed by atoms with E-state index in [1.807, 2.05) is 0 Å². The molecule has 2 rings (SSSR count). The molecule has 112 valence electrons. The third-order valence-corrected chi connectivity index (χ3v) is 8.07. The number of rotatable bonds is 3. The van der Waals surface area contributed by atoms with Gasteiger partial charge in [0.05, 0.1) is 0 Å². The van der Waals surface area contributed by atoms with E-state index in [1.54, 1.807) is 0 Å². The van der Waals surface area contributed by atoms with Crippen molar-refractivity contribution in [2.24, 2.45) is 0 Å². The first-order chi connectivity index (χ1) is 10.4. The van der Waals surface area contributed by atoms with E-state index in [0.717, 1.165) is 10.6 Å². The number of hydrogen-bond acceptors (Lipinski definition) is 0.